The van der Waals surface area contributed by atoms with Crippen LogP contribution in [0.25, 0.3) is 0 Å². The molecule has 0 fully saturated rings. The number of carbonyl (C=O) groups is 2. The van der Waals surface area contributed by atoms with E-state index in [0.717, 1.165) is 11.3 Å². The number of halogens is 1. The van der Waals surface area contributed by atoms with Gasteiger partial charge in [0, 0.05) is 30.0 Å². The SMILES string of the molecule is CC(C)(C)C1=CC(=O)NC2=CC(=NC(=O)CCCCl)C=CC21. The normalized spacial score (nSPS) is 22.8. The zero-order valence-corrected chi connectivity index (χ0v) is 13.9. The van der Waals surface area contributed by atoms with Crippen LogP contribution in [0.3, 0.4) is 0 Å². The van der Waals surface area contributed by atoms with Crippen molar-refractivity contribution in [2.45, 2.75) is 33.6 Å². The lowest BCUT2D eigenvalue weighted by Gasteiger charge is -2.34. The van der Waals surface area contributed by atoms with Crippen LogP contribution >= 0.6 is 11.6 Å². The van der Waals surface area contributed by atoms with Crippen LogP contribution in [0.2, 0.25) is 0 Å². The highest BCUT2D eigenvalue weighted by molar-refractivity contribution is 6.18. The Kier molecular flexibility index (Phi) is 5.01. The van der Waals surface area contributed by atoms with Crippen LogP contribution in [0.4, 0.5) is 0 Å². The first-order valence-electron chi connectivity index (χ1n) is 7.41. The van der Waals surface area contributed by atoms with Gasteiger partial charge in [0.25, 0.3) is 0 Å². The molecule has 2 aliphatic rings. The summed E-state index contributed by atoms with van der Waals surface area (Å²) in [6, 6.07) is 0. The summed E-state index contributed by atoms with van der Waals surface area (Å²) < 4.78 is 0. The number of fused-ring (bicyclic) bond motifs is 1. The van der Waals surface area contributed by atoms with Gasteiger partial charge in [-0.15, -0.1) is 11.6 Å². The fourth-order valence-electron chi connectivity index (χ4n) is 2.56. The van der Waals surface area contributed by atoms with E-state index in [1.54, 1.807) is 12.2 Å². The fourth-order valence-corrected chi connectivity index (χ4v) is 2.69. The molecule has 118 valence electrons. The predicted octanol–water partition coefficient (Wildman–Crippen LogP) is 3.15. The maximum atomic E-state index is 11.9. The van der Waals surface area contributed by atoms with E-state index in [1.165, 1.54) is 0 Å². The minimum Gasteiger partial charge on any atom is -0.325 e. The maximum Gasteiger partial charge on any atom is 0.248 e. The number of carbonyl (C=O) groups excluding carboxylic acids is 2. The van der Waals surface area contributed by atoms with Crippen molar-refractivity contribution in [1.29, 1.82) is 0 Å². The number of nitrogens with one attached hydrogen (secondary N) is 1. The van der Waals surface area contributed by atoms with Crippen LogP contribution in [0.15, 0.2) is 40.6 Å². The zero-order valence-electron chi connectivity index (χ0n) is 13.1. The molecule has 0 aromatic carbocycles. The average molecular weight is 321 g/mol. The molecule has 1 heterocycles. The summed E-state index contributed by atoms with van der Waals surface area (Å²) in [6.07, 6.45) is 8.23. The summed E-state index contributed by atoms with van der Waals surface area (Å²) in [6.45, 7) is 6.26. The van der Waals surface area contributed by atoms with Crippen LogP contribution in [-0.2, 0) is 9.59 Å². The minimum absolute atomic E-state index is 0.0367. The summed E-state index contributed by atoms with van der Waals surface area (Å²) in [5, 5.41) is 2.85. The van der Waals surface area contributed by atoms with Crippen LogP contribution in [-0.4, -0.2) is 23.4 Å². The van der Waals surface area contributed by atoms with Gasteiger partial charge < -0.3 is 5.32 Å². The lowest BCUT2D eigenvalue weighted by molar-refractivity contribution is -0.118. The van der Waals surface area contributed by atoms with E-state index in [-0.39, 0.29) is 23.1 Å². The van der Waals surface area contributed by atoms with Crippen molar-refractivity contribution in [3.8, 4) is 0 Å². The van der Waals surface area contributed by atoms with Crippen molar-refractivity contribution in [3.05, 3.63) is 35.6 Å². The molecule has 0 spiro atoms. The highest BCUT2D eigenvalue weighted by atomic mass is 35.5. The largest absolute Gasteiger partial charge is 0.325 e. The Morgan fingerprint density at radius 3 is 2.73 bits per heavy atom. The van der Waals surface area contributed by atoms with Crippen LogP contribution in [0.1, 0.15) is 33.6 Å². The molecule has 0 saturated carbocycles. The fraction of sp³-hybridized carbons (Fsp3) is 0.471. The monoisotopic (exact) mass is 320 g/mol. The summed E-state index contributed by atoms with van der Waals surface area (Å²) in [5.41, 5.74) is 2.31. The summed E-state index contributed by atoms with van der Waals surface area (Å²) in [7, 11) is 0. The second-order valence-electron chi connectivity index (χ2n) is 6.50. The Hall–Kier alpha value is -1.68. The average Bonchev–Trinajstić information content (AvgIpc) is 2.42. The van der Waals surface area contributed by atoms with Crippen LogP contribution in [0, 0.1) is 11.3 Å². The number of aliphatic imine (C=N–C) groups is 1. The smallest absolute Gasteiger partial charge is 0.248 e. The Balaban J connectivity index is 2.24. The van der Waals surface area contributed by atoms with E-state index in [1.807, 2.05) is 12.2 Å². The van der Waals surface area contributed by atoms with Crippen molar-refractivity contribution in [1.82, 2.24) is 5.32 Å². The first-order valence-corrected chi connectivity index (χ1v) is 7.95. The Morgan fingerprint density at radius 1 is 1.36 bits per heavy atom. The van der Waals surface area contributed by atoms with Gasteiger partial charge in [0.2, 0.25) is 11.8 Å². The Bertz CT molecular complexity index is 607. The molecule has 0 aromatic heterocycles. The van der Waals surface area contributed by atoms with Crippen molar-refractivity contribution in [2.24, 2.45) is 16.3 Å². The van der Waals surface area contributed by atoms with E-state index in [9.17, 15) is 9.59 Å². The van der Waals surface area contributed by atoms with E-state index in [0.29, 0.717) is 24.4 Å². The topological polar surface area (TPSA) is 58.5 Å². The molecule has 2 amide bonds. The number of hydrogen-bond acceptors (Lipinski definition) is 2. The highest BCUT2D eigenvalue weighted by Gasteiger charge is 2.32. The second kappa shape index (κ2) is 6.61. The lowest BCUT2D eigenvalue weighted by Crippen LogP contribution is -2.36. The molecule has 0 radical (unpaired) electrons. The molecule has 1 atom stereocenters. The third-order valence-electron chi connectivity index (χ3n) is 3.63. The van der Waals surface area contributed by atoms with Crippen LogP contribution in [0.5, 0.6) is 0 Å². The van der Waals surface area contributed by atoms with Gasteiger partial charge in [-0.25, -0.2) is 4.99 Å². The Morgan fingerprint density at radius 2 is 2.09 bits per heavy atom. The van der Waals surface area contributed by atoms with Gasteiger partial charge in [-0.2, -0.15) is 0 Å². The highest BCUT2D eigenvalue weighted by Crippen LogP contribution is 2.38. The van der Waals surface area contributed by atoms with E-state index in [2.05, 4.69) is 31.1 Å². The molecule has 5 heteroatoms. The molecule has 1 aliphatic carbocycles. The number of rotatable bonds is 3. The third-order valence-corrected chi connectivity index (χ3v) is 3.90. The first kappa shape index (κ1) is 16.7. The number of alkyl halides is 1. The van der Waals surface area contributed by atoms with Gasteiger partial charge in [0.05, 0.1) is 5.71 Å². The molecule has 2 rings (SSSR count). The number of nitrogens with zero attached hydrogens (tertiary/aromatic N) is 1. The maximum absolute atomic E-state index is 11.9. The van der Waals surface area contributed by atoms with Gasteiger partial charge in [-0.1, -0.05) is 26.8 Å². The molecule has 0 saturated heterocycles. The van der Waals surface area contributed by atoms with E-state index >= 15 is 0 Å². The summed E-state index contributed by atoms with van der Waals surface area (Å²) >= 11 is 5.57. The minimum atomic E-state index is -0.190. The summed E-state index contributed by atoms with van der Waals surface area (Å²) in [4.78, 5) is 27.6. The van der Waals surface area contributed by atoms with Gasteiger partial charge in [0.1, 0.15) is 0 Å². The molecule has 1 aliphatic heterocycles. The van der Waals surface area contributed by atoms with Gasteiger partial charge in [-0.3, -0.25) is 9.59 Å². The van der Waals surface area contributed by atoms with E-state index in [4.69, 9.17) is 11.6 Å². The molecule has 4 nitrogen and oxygen atoms in total. The van der Waals surface area contributed by atoms with Crippen LogP contribution < -0.4 is 5.32 Å². The van der Waals surface area contributed by atoms with Crippen molar-refractivity contribution in [3.63, 3.8) is 0 Å². The van der Waals surface area contributed by atoms with Gasteiger partial charge in [-0.05, 0) is 29.6 Å². The van der Waals surface area contributed by atoms with Gasteiger partial charge >= 0.3 is 0 Å². The van der Waals surface area contributed by atoms with Crippen molar-refractivity contribution in [2.75, 3.05) is 5.88 Å². The predicted molar refractivity (Wildman–Crippen MR) is 88.8 cm³/mol. The number of allylic oxidation sites excluding steroid dienone is 3. The van der Waals surface area contributed by atoms with Crippen molar-refractivity contribution < 1.29 is 9.59 Å². The Labute approximate surface area is 136 Å². The number of amides is 2. The van der Waals surface area contributed by atoms with Gasteiger partial charge in [0.15, 0.2) is 0 Å². The molecule has 1 N–H and O–H groups in total. The van der Waals surface area contributed by atoms with Crippen molar-refractivity contribution >= 4 is 29.1 Å². The lowest BCUT2D eigenvalue weighted by atomic mass is 9.74. The molecule has 0 bridgehead atoms. The first-order chi connectivity index (χ1) is 10.3. The standard InChI is InChI=1S/C17H21ClN2O2/c1-17(2,3)13-10-16(22)20-14-9-11(6-7-12(13)14)19-15(21)5-4-8-18/h6-7,9-10,12H,4-5,8H2,1-3H3,(H,20,22). The quantitative estimate of drug-likeness (QED) is 0.812. The van der Waals surface area contributed by atoms with E-state index < -0.39 is 0 Å². The third kappa shape index (κ3) is 3.95. The molecular weight excluding hydrogens is 300 g/mol. The zero-order chi connectivity index (χ0) is 16.3. The number of hydrogen-bond donors (Lipinski definition) is 1. The molecule has 0 aromatic rings. The molecular formula is C17H21ClN2O2. The molecule has 22 heavy (non-hydrogen) atoms. The summed E-state index contributed by atoms with van der Waals surface area (Å²) in [5.74, 6) is 0.167. The second-order valence-corrected chi connectivity index (χ2v) is 6.88. The molecule has 1 unspecified atom stereocenters.